The Bertz CT molecular complexity index is 1280. The van der Waals surface area contributed by atoms with E-state index in [9.17, 15) is 13.0 Å². The number of hydrogen-bond donors (Lipinski definition) is 0. The van der Waals surface area contributed by atoms with Crippen LogP contribution in [0.4, 0.5) is 0 Å². The largest absolute Gasteiger partial charge is 1.00 e. The molecule has 4 aromatic rings. The molecule has 3 aromatic carbocycles. The van der Waals surface area contributed by atoms with Crippen LogP contribution < -0.4 is 29.6 Å². The summed E-state index contributed by atoms with van der Waals surface area (Å²) in [6.07, 6.45) is 3.81. The number of hydrogen-bond acceptors (Lipinski definition) is 5. The molecule has 0 atom stereocenters. The Hall–Kier alpha value is -1.80. The van der Waals surface area contributed by atoms with Crippen LogP contribution in [0.25, 0.3) is 32.9 Å². The summed E-state index contributed by atoms with van der Waals surface area (Å²) in [5.41, 5.74) is 5.14. The molecule has 0 fully saturated rings. The zero-order valence-electron chi connectivity index (χ0n) is 16.0. The summed E-state index contributed by atoms with van der Waals surface area (Å²) in [5.74, 6) is 0. The smallest absolute Gasteiger partial charge is 0.744 e. The van der Waals surface area contributed by atoms with Gasteiger partial charge in [0.15, 0.2) is 0 Å². The van der Waals surface area contributed by atoms with Crippen molar-refractivity contribution in [3.05, 3.63) is 83.4 Å². The van der Waals surface area contributed by atoms with E-state index in [2.05, 4.69) is 19.1 Å². The van der Waals surface area contributed by atoms with Crippen molar-refractivity contribution in [3.8, 4) is 10.6 Å². The van der Waals surface area contributed by atoms with Crippen molar-refractivity contribution >= 4 is 43.8 Å². The van der Waals surface area contributed by atoms with Crippen LogP contribution in [0, 0.1) is 6.92 Å². The van der Waals surface area contributed by atoms with E-state index in [0.717, 1.165) is 27.2 Å². The van der Waals surface area contributed by atoms with E-state index in [-0.39, 0.29) is 34.5 Å². The molecule has 0 aliphatic rings. The average Bonchev–Trinajstić information content (AvgIpc) is 3.09. The van der Waals surface area contributed by atoms with Crippen LogP contribution in [0.3, 0.4) is 0 Å². The molecule has 0 saturated heterocycles. The van der Waals surface area contributed by atoms with Crippen molar-refractivity contribution in [1.82, 2.24) is 4.98 Å². The molecule has 4 nitrogen and oxygen atoms in total. The molecule has 0 bridgehead atoms. The first kappa shape index (κ1) is 21.9. The second-order valence-electron chi connectivity index (χ2n) is 6.47. The van der Waals surface area contributed by atoms with Crippen molar-refractivity contribution in [2.24, 2.45) is 0 Å². The number of nitrogens with zero attached hydrogens (tertiary/aromatic N) is 1. The molecule has 0 unspecified atom stereocenters. The Morgan fingerprint density at radius 3 is 2.07 bits per heavy atom. The Labute approximate surface area is 196 Å². The predicted molar refractivity (Wildman–Crippen MR) is 113 cm³/mol. The number of rotatable bonds is 4. The standard InChI is InChI=1S/C22H17NO3S2.Na/c1-15-2-13-20-21(14-15)27-22(23-20)18-9-5-16(6-10-18)3-4-17-7-11-19(12-8-17)28(24,25)26;/h2-14H,1H3,(H,24,25,26);/q;+1/p-1/b4-3+;. The zero-order chi connectivity index (χ0) is 19.7. The third-order valence-corrected chi connectivity index (χ3v) is 6.26. The van der Waals surface area contributed by atoms with Crippen LogP contribution in [0.1, 0.15) is 16.7 Å². The monoisotopic (exact) mass is 429 g/mol. The first-order chi connectivity index (χ1) is 13.4. The van der Waals surface area contributed by atoms with E-state index in [1.165, 1.54) is 22.4 Å². The topological polar surface area (TPSA) is 70.1 Å². The van der Waals surface area contributed by atoms with Gasteiger partial charge in [0, 0.05) is 5.56 Å². The van der Waals surface area contributed by atoms with Crippen LogP contribution in [0.5, 0.6) is 0 Å². The summed E-state index contributed by atoms with van der Waals surface area (Å²) in [4.78, 5) is 4.48. The van der Waals surface area contributed by atoms with Gasteiger partial charge in [0.25, 0.3) is 0 Å². The molecule has 0 N–H and O–H groups in total. The molecule has 0 amide bonds. The number of fused-ring (bicyclic) bond motifs is 1. The van der Waals surface area contributed by atoms with E-state index >= 15 is 0 Å². The number of benzene rings is 3. The minimum absolute atomic E-state index is 0. The summed E-state index contributed by atoms with van der Waals surface area (Å²) in [6.45, 7) is 2.08. The zero-order valence-corrected chi connectivity index (χ0v) is 19.6. The quantitative estimate of drug-likeness (QED) is 0.284. The van der Waals surface area contributed by atoms with Crippen LogP contribution in [-0.4, -0.2) is 18.0 Å². The maximum atomic E-state index is 11.0. The van der Waals surface area contributed by atoms with Crippen molar-refractivity contribution in [2.45, 2.75) is 11.8 Å². The molecule has 0 radical (unpaired) electrons. The Balaban J connectivity index is 0.00000240. The third-order valence-electron chi connectivity index (χ3n) is 4.34. The summed E-state index contributed by atoms with van der Waals surface area (Å²) in [5, 5.41) is 0.991. The van der Waals surface area contributed by atoms with Crippen molar-refractivity contribution in [3.63, 3.8) is 0 Å². The van der Waals surface area contributed by atoms with Crippen molar-refractivity contribution < 1.29 is 42.5 Å². The molecule has 1 aromatic heterocycles. The second kappa shape index (κ2) is 8.92. The summed E-state index contributed by atoms with van der Waals surface area (Å²) in [6, 6.07) is 20.2. The van der Waals surface area contributed by atoms with Gasteiger partial charge in [0.2, 0.25) is 0 Å². The first-order valence-electron chi connectivity index (χ1n) is 8.60. The molecule has 4 rings (SSSR count). The van der Waals surface area contributed by atoms with E-state index in [1.54, 1.807) is 23.5 Å². The molecule has 0 spiro atoms. The van der Waals surface area contributed by atoms with Crippen LogP contribution in [0.2, 0.25) is 0 Å². The van der Waals surface area contributed by atoms with Gasteiger partial charge in [0.05, 0.1) is 15.1 Å². The Kier molecular flexibility index (Phi) is 6.73. The molecule has 7 heteroatoms. The van der Waals surface area contributed by atoms with Crippen LogP contribution >= 0.6 is 11.3 Å². The second-order valence-corrected chi connectivity index (χ2v) is 8.88. The van der Waals surface area contributed by atoms with Crippen LogP contribution in [0.15, 0.2) is 71.6 Å². The van der Waals surface area contributed by atoms with E-state index in [0.29, 0.717) is 0 Å². The molecule has 1 heterocycles. The van der Waals surface area contributed by atoms with E-state index in [1.807, 2.05) is 42.5 Å². The SMILES string of the molecule is Cc1ccc2nc(-c3ccc(/C=C/c4ccc(S(=O)(=O)[O-])cc4)cc3)sc2c1.[Na+]. The van der Waals surface area contributed by atoms with E-state index in [4.69, 9.17) is 4.98 Å². The van der Waals surface area contributed by atoms with Gasteiger partial charge < -0.3 is 4.55 Å². The molecular weight excluding hydrogens is 413 g/mol. The molecule has 0 aliphatic heterocycles. The Morgan fingerprint density at radius 2 is 1.48 bits per heavy atom. The van der Waals surface area contributed by atoms with Crippen molar-refractivity contribution in [2.75, 3.05) is 0 Å². The first-order valence-corrected chi connectivity index (χ1v) is 10.8. The molecule has 29 heavy (non-hydrogen) atoms. The predicted octanol–water partition coefficient (Wildman–Crippen LogP) is 2.35. The van der Waals surface area contributed by atoms with Crippen molar-refractivity contribution in [1.29, 1.82) is 0 Å². The molecular formula is C22H16NNaO3S2. The van der Waals surface area contributed by atoms with Gasteiger partial charge in [-0.15, -0.1) is 11.3 Å². The average molecular weight is 429 g/mol. The molecule has 0 saturated carbocycles. The fraction of sp³-hybridized carbons (Fsp3) is 0.0455. The van der Waals surface area contributed by atoms with Gasteiger partial charge in [-0.2, -0.15) is 0 Å². The van der Waals surface area contributed by atoms with Gasteiger partial charge >= 0.3 is 29.6 Å². The van der Waals surface area contributed by atoms with Gasteiger partial charge in [-0.25, -0.2) is 13.4 Å². The van der Waals surface area contributed by atoms with Crippen LogP contribution in [-0.2, 0) is 10.1 Å². The number of thiazole rings is 1. The minimum Gasteiger partial charge on any atom is -0.744 e. The summed E-state index contributed by atoms with van der Waals surface area (Å²) < 4.78 is 34.1. The summed E-state index contributed by atoms with van der Waals surface area (Å²) in [7, 11) is -4.41. The minimum atomic E-state index is -4.41. The number of aromatic nitrogens is 1. The maximum absolute atomic E-state index is 11.0. The summed E-state index contributed by atoms with van der Waals surface area (Å²) >= 11 is 1.68. The number of aryl methyl sites for hydroxylation is 1. The molecule has 0 aliphatic carbocycles. The van der Waals surface area contributed by atoms with Gasteiger partial charge in [0.1, 0.15) is 15.1 Å². The Morgan fingerprint density at radius 1 is 0.897 bits per heavy atom. The maximum Gasteiger partial charge on any atom is 1.00 e. The van der Waals surface area contributed by atoms with Gasteiger partial charge in [-0.3, -0.25) is 0 Å². The molecule has 140 valence electrons. The fourth-order valence-electron chi connectivity index (χ4n) is 2.83. The normalized spacial score (nSPS) is 11.7. The fourth-order valence-corrected chi connectivity index (χ4v) is 4.37. The van der Waals surface area contributed by atoms with E-state index < -0.39 is 10.1 Å². The van der Waals surface area contributed by atoms with Gasteiger partial charge in [-0.05, 0) is 47.9 Å². The van der Waals surface area contributed by atoms with Gasteiger partial charge in [-0.1, -0.05) is 54.6 Å². The third kappa shape index (κ3) is 5.22.